The molecule has 0 atom stereocenters. The van der Waals surface area contributed by atoms with Gasteiger partial charge in [-0.2, -0.15) is 0 Å². The molecule has 0 fully saturated rings. The molecule has 0 unspecified atom stereocenters. The van der Waals surface area contributed by atoms with Gasteiger partial charge in [0.1, 0.15) is 0 Å². The normalized spacial score (nSPS) is 15.5. The van der Waals surface area contributed by atoms with Gasteiger partial charge >= 0.3 is 0 Å². The molecule has 2 heteroatoms. The van der Waals surface area contributed by atoms with Crippen molar-refractivity contribution in [3.63, 3.8) is 0 Å². The van der Waals surface area contributed by atoms with Crippen LogP contribution >= 0.6 is 0 Å². The van der Waals surface area contributed by atoms with Crippen LogP contribution in [0.1, 0.15) is 32.6 Å². The second-order valence-electron chi connectivity index (χ2n) is 2.42. The van der Waals surface area contributed by atoms with E-state index in [0.29, 0.717) is 6.73 Å². The zero-order valence-electron chi connectivity index (χ0n) is 7.38. The van der Waals surface area contributed by atoms with E-state index < -0.39 is 0 Å². The van der Waals surface area contributed by atoms with Crippen LogP contribution < -0.4 is 5.73 Å². The molecule has 1 rings (SSSR count). The zero-order valence-corrected chi connectivity index (χ0v) is 7.38. The van der Waals surface area contributed by atoms with Crippen LogP contribution in [0.15, 0.2) is 12.2 Å². The monoisotopic (exact) mass is 157 g/mol. The number of hydrogen-bond acceptors (Lipinski definition) is 2. The molecule has 0 saturated heterocycles. The summed E-state index contributed by atoms with van der Waals surface area (Å²) in [4.78, 5) is 0. The standard InChI is InChI=1S/C6H10.C3H9NO/c1-2-4-6-5-3-1;1-2-5-3-4/h1-2H,3-6H2;2-4H2,1H3. The summed E-state index contributed by atoms with van der Waals surface area (Å²) in [5.41, 5.74) is 4.92. The van der Waals surface area contributed by atoms with E-state index in [1.54, 1.807) is 0 Å². The summed E-state index contributed by atoms with van der Waals surface area (Å²) < 4.78 is 4.61. The Balaban J connectivity index is 0.000000187. The summed E-state index contributed by atoms with van der Waals surface area (Å²) in [6.45, 7) is 2.97. The fourth-order valence-corrected chi connectivity index (χ4v) is 0.878. The van der Waals surface area contributed by atoms with E-state index >= 15 is 0 Å². The molecular weight excluding hydrogens is 138 g/mol. The number of ether oxygens (including phenoxy) is 1. The first kappa shape index (κ1) is 10.7. The predicted octanol–water partition coefficient (Wildman–Crippen LogP) is 2.06. The molecule has 0 saturated carbocycles. The Morgan fingerprint density at radius 1 is 1.27 bits per heavy atom. The maximum Gasteiger partial charge on any atom is 0.0940 e. The highest BCUT2D eigenvalue weighted by atomic mass is 16.5. The van der Waals surface area contributed by atoms with Gasteiger partial charge in [-0.15, -0.1) is 0 Å². The molecule has 11 heavy (non-hydrogen) atoms. The smallest absolute Gasteiger partial charge is 0.0940 e. The lowest BCUT2D eigenvalue weighted by Gasteiger charge is -1.97. The van der Waals surface area contributed by atoms with Crippen molar-refractivity contribution >= 4 is 0 Å². The van der Waals surface area contributed by atoms with Gasteiger partial charge in [0.25, 0.3) is 0 Å². The van der Waals surface area contributed by atoms with E-state index in [1.165, 1.54) is 25.7 Å². The van der Waals surface area contributed by atoms with Crippen LogP contribution in [-0.2, 0) is 4.74 Å². The largest absolute Gasteiger partial charge is 0.367 e. The van der Waals surface area contributed by atoms with Crippen molar-refractivity contribution in [3.8, 4) is 0 Å². The highest BCUT2D eigenvalue weighted by Gasteiger charge is 1.87. The van der Waals surface area contributed by atoms with E-state index in [0.717, 1.165) is 6.61 Å². The molecule has 1 aliphatic carbocycles. The fourth-order valence-electron chi connectivity index (χ4n) is 0.878. The zero-order chi connectivity index (χ0) is 8.36. The van der Waals surface area contributed by atoms with Crippen molar-refractivity contribution in [1.82, 2.24) is 0 Å². The molecule has 0 aromatic carbocycles. The topological polar surface area (TPSA) is 35.2 Å². The quantitative estimate of drug-likeness (QED) is 0.492. The Morgan fingerprint density at radius 2 is 1.82 bits per heavy atom. The Labute approximate surface area is 69.4 Å². The Morgan fingerprint density at radius 3 is 1.91 bits per heavy atom. The molecule has 0 bridgehead atoms. The van der Waals surface area contributed by atoms with Gasteiger partial charge < -0.3 is 10.5 Å². The lowest BCUT2D eigenvalue weighted by atomic mass is 10.1. The van der Waals surface area contributed by atoms with E-state index in [-0.39, 0.29) is 0 Å². The molecule has 0 aromatic heterocycles. The highest BCUT2D eigenvalue weighted by Crippen LogP contribution is 2.07. The van der Waals surface area contributed by atoms with Gasteiger partial charge in [-0.3, -0.25) is 0 Å². The minimum atomic E-state index is 0.344. The van der Waals surface area contributed by atoms with Crippen molar-refractivity contribution in [3.05, 3.63) is 12.2 Å². The SMILES string of the molecule is C1=CCCCC1.CCOCN. The van der Waals surface area contributed by atoms with Gasteiger partial charge in [-0.1, -0.05) is 12.2 Å². The van der Waals surface area contributed by atoms with Crippen LogP contribution in [0.4, 0.5) is 0 Å². The maximum atomic E-state index is 4.92. The van der Waals surface area contributed by atoms with Gasteiger partial charge in [0.15, 0.2) is 0 Å². The fraction of sp³-hybridized carbons (Fsp3) is 0.778. The summed E-state index contributed by atoms with van der Waals surface area (Å²) in [5, 5.41) is 0. The molecule has 0 amide bonds. The van der Waals surface area contributed by atoms with E-state index in [9.17, 15) is 0 Å². The molecule has 0 aromatic rings. The number of rotatable bonds is 2. The Hall–Kier alpha value is -0.340. The summed E-state index contributed by atoms with van der Waals surface area (Å²) in [6.07, 6.45) is 10.0. The molecular formula is C9H19NO. The van der Waals surface area contributed by atoms with Crippen molar-refractivity contribution in [2.24, 2.45) is 5.73 Å². The highest BCUT2D eigenvalue weighted by molar-refractivity contribution is 4.85. The number of nitrogens with two attached hydrogens (primary N) is 1. The van der Waals surface area contributed by atoms with E-state index in [4.69, 9.17) is 5.73 Å². The van der Waals surface area contributed by atoms with Gasteiger partial charge in [0.2, 0.25) is 0 Å². The van der Waals surface area contributed by atoms with Crippen molar-refractivity contribution in [2.45, 2.75) is 32.6 Å². The van der Waals surface area contributed by atoms with Crippen LogP contribution in [0.3, 0.4) is 0 Å². The third kappa shape index (κ3) is 9.66. The van der Waals surface area contributed by atoms with Gasteiger partial charge in [-0.25, -0.2) is 0 Å². The third-order valence-electron chi connectivity index (χ3n) is 1.48. The molecule has 0 aliphatic heterocycles. The molecule has 2 nitrogen and oxygen atoms in total. The third-order valence-corrected chi connectivity index (χ3v) is 1.48. The molecule has 0 radical (unpaired) electrons. The van der Waals surface area contributed by atoms with Crippen molar-refractivity contribution in [2.75, 3.05) is 13.3 Å². The minimum absolute atomic E-state index is 0.344. The van der Waals surface area contributed by atoms with Crippen molar-refractivity contribution < 1.29 is 4.74 Å². The van der Waals surface area contributed by atoms with E-state index in [1.807, 2.05) is 6.92 Å². The first-order valence-corrected chi connectivity index (χ1v) is 4.34. The van der Waals surface area contributed by atoms with Gasteiger partial charge in [-0.05, 0) is 32.6 Å². The lowest BCUT2D eigenvalue weighted by molar-refractivity contribution is 0.155. The minimum Gasteiger partial charge on any atom is -0.367 e. The molecule has 66 valence electrons. The van der Waals surface area contributed by atoms with Crippen LogP contribution in [0, 0.1) is 0 Å². The van der Waals surface area contributed by atoms with Gasteiger partial charge in [0, 0.05) is 6.61 Å². The van der Waals surface area contributed by atoms with Crippen molar-refractivity contribution in [1.29, 1.82) is 0 Å². The molecule has 1 aliphatic rings. The summed E-state index contributed by atoms with van der Waals surface area (Å²) in [5.74, 6) is 0. The van der Waals surface area contributed by atoms with Crippen LogP contribution in [-0.4, -0.2) is 13.3 Å². The number of allylic oxidation sites excluding steroid dienone is 2. The Bertz CT molecular complexity index is 81.6. The van der Waals surface area contributed by atoms with Crippen LogP contribution in [0.2, 0.25) is 0 Å². The predicted molar refractivity (Wildman–Crippen MR) is 48.3 cm³/mol. The summed E-state index contributed by atoms with van der Waals surface area (Å²) in [7, 11) is 0. The second kappa shape index (κ2) is 9.66. The maximum absolute atomic E-state index is 4.92. The first-order valence-electron chi connectivity index (χ1n) is 4.34. The van der Waals surface area contributed by atoms with Crippen LogP contribution in [0.5, 0.6) is 0 Å². The molecule has 0 spiro atoms. The number of hydrogen-bond donors (Lipinski definition) is 1. The lowest BCUT2D eigenvalue weighted by Crippen LogP contribution is -2.02. The Kier molecular flexibility index (Phi) is 9.36. The average molecular weight is 157 g/mol. The van der Waals surface area contributed by atoms with Gasteiger partial charge in [0.05, 0.1) is 6.73 Å². The van der Waals surface area contributed by atoms with E-state index in [2.05, 4.69) is 16.9 Å². The summed E-state index contributed by atoms with van der Waals surface area (Å²) in [6, 6.07) is 0. The average Bonchev–Trinajstić information content (AvgIpc) is 2.10. The molecule has 0 heterocycles. The molecule has 2 N–H and O–H groups in total. The van der Waals surface area contributed by atoms with Crippen LogP contribution in [0.25, 0.3) is 0 Å². The first-order chi connectivity index (χ1) is 5.41. The second-order valence-corrected chi connectivity index (χ2v) is 2.42. The summed E-state index contributed by atoms with van der Waals surface area (Å²) >= 11 is 0.